The third-order valence-corrected chi connectivity index (χ3v) is 5.88. The maximum atomic E-state index is 13.2. The van der Waals surface area contributed by atoms with Crippen LogP contribution in [0.4, 0.5) is 5.82 Å². The fourth-order valence-electron chi connectivity index (χ4n) is 3.75. The van der Waals surface area contributed by atoms with Gasteiger partial charge in [0, 0.05) is 34.0 Å². The van der Waals surface area contributed by atoms with Crippen LogP contribution in [-0.2, 0) is 6.54 Å². The molecule has 8 heteroatoms. The van der Waals surface area contributed by atoms with Gasteiger partial charge in [-0.1, -0.05) is 57.5 Å². The third-order valence-electron chi connectivity index (χ3n) is 5.64. The SMILES string of the molecule is Cc1cc(NC(=O)c2ccccc2C(C)NCC(C)C)nn1Cc1cc(Cl)ccc1OCC(C)C.Cl. The van der Waals surface area contributed by atoms with E-state index in [-0.39, 0.29) is 24.4 Å². The van der Waals surface area contributed by atoms with E-state index < -0.39 is 0 Å². The van der Waals surface area contributed by atoms with E-state index in [9.17, 15) is 4.79 Å². The Morgan fingerprint density at radius 2 is 1.78 bits per heavy atom. The zero-order valence-electron chi connectivity index (χ0n) is 22.0. The molecule has 196 valence electrons. The van der Waals surface area contributed by atoms with Crippen molar-refractivity contribution in [2.75, 3.05) is 18.5 Å². The second kappa shape index (κ2) is 13.7. The molecule has 0 fully saturated rings. The molecule has 1 unspecified atom stereocenters. The molecular weight excluding hydrogens is 495 g/mol. The van der Waals surface area contributed by atoms with Crippen molar-refractivity contribution >= 4 is 35.7 Å². The lowest BCUT2D eigenvalue weighted by Gasteiger charge is -2.18. The second-order valence-corrected chi connectivity index (χ2v) is 10.3. The van der Waals surface area contributed by atoms with E-state index in [1.165, 1.54) is 0 Å². The number of ether oxygens (including phenoxy) is 1. The predicted octanol–water partition coefficient (Wildman–Crippen LogP) is 6.91. The first-order valence-electron chi connectivity index (χ1n) is 12.2. The van der Waals surface area contributed by atoms with E-state index in [0.717, 1.165) is 29.1 Å². The highest BCUT2D eigenvalue weighted by molar-refractivity contribution is 6.30. The van der Waals surface area contributed by atoms with E-state index in [0.29, 0.717) is 41.4 Å². The monoisotopic (exact) mass is 532 g/mol. The number of carbonyl (C=O) groups is 1. The van der Waals surface area contributed by atoms with Gasteiger partial charge in [-0.25, -0.2) is 0 Å². The zero-order valence-corrected chi connectivity index (χ0v) is 23.5. The smallest absolute Gasteiger partial charge is 0.257 e. The molecule has 1 heterocycles. The van der Waals surface area contributed by atoms with Gasteiger partial charge in [-0.05, 0) is 62.1 Å². The highest BCUT2D eigenvalue weighted by Crippen LogP contribution is 2.26. The number of aromatic nitrogens is 2. The van der Waals surface area contributed by atoms with E-state index in [1.54, 1.807) is 0 Å². The summed E-state index contributed by atoms with van der Waals surface area (Å²) >= 11 is 6.26. The average Bonchev–Trinajstić information content (AvgIpc) is 3.15. The zero-order chi connectivity index (χ0) is 25.5. The summed E-state index contributed by atoms with van der Waals surface area (Å²) in [7, 11) is 0. The van der Waals surface area contributed by atoms with Crippen molar-refractivity contribution in [3.63, 3.8) is 0 Å². The highest BCUT2D eigenvalue weighted by Gasteiger charge is 2.18. The number of hydrogen-bond donors (Lipinski definition) is 2. The summed E-state index contributed by atoms with van der Waals surface area (Å²) in [6, 6.07) is 15.3. The summed E-state index contributed by atoms with van der Waals surface area (Å²) in [6.45, 7) is 14.6. The molecule has 0 saturated carbocycles. The van der Waals surface area contributed by atoms with Crippen LogP contribution in [0.2, 0.25) is 5.02 Å². The Morgan fingerprint density at radius 3 is 2.47 bits per heavy atom. The van der Waals surface area contributed by atoms with Crippen LogP contribution in [0.25, 0.3) is 0 Å². The summed E-state index contributed by atoms with van der Waals surface area (Å²) in [5, 5.41) is 11.8. The number of hydrogen-bond acceptors (Lipinski definition) is 4. The molecule has 0 aliphatic rings. The van der Waals surface area contributed by atoms with Crippen LogP contribution in [0.1, 0.15) is 67.8 Å². The molecule has 1 amide bonds. The van der Waals surface area contributed by atoms with Gasteiger partial charge < -0.3 is 15.4 Å². The van der Waals surface area contributed by atoms with Crippen molar-refractivity contribution in [2.24, 2.45) is 11.8 Å². The van der Waals surface area contributed by atoms with Gasteiger partial charge in [0.25, 0.3) is 5.91 Å². The fourth-order valence-corrected chi connectivity index (χ4v) is 3.94. The van der Waals surface area contributed by atoms with E-state index in [1.807, 2.05) is 60.1 Å². The molecular formula is C28H38Cl2N4O2. The van der Waals surface area contributed by atoms with Crippen LogP contribution >= 0.6 is 24.0 Å². The van der Waals surface area contributed by atoms with Crippen LogP contribution in [0.3, 0.4) is 0 Å². The molecule has 2 N–H and O–H groups in total. The van der Waals surface area contributed by atoms with Gasteiger partial charge in [0.1, 0.15) is 5.75 Å². The van der Waals surface area contributed by atoms with Gasteiger partial charge in [0.2, 0.25) is 0 Å². The Hall–Kier alpha value is -2.54. The van der Waals surface area contributed by atoms with Gasteiger partial charge >= 0.3 is 0 Å². The van der Waals surface area contributed by atoms with Crippen LogP contribution in [0, 0.1) is 18.8 Å². The van der Waals surface area contributed by atoms with Crippen molar-refractivity contribution in [1.29, 1.82) is 0 Å². The molecule has 0 bridgehead atoms. The number of anilines is 1. The lowest BCUT2D eigenvalue weighted by molar-refractivity contribution is 0.102. The van der Waals surface area contributed by atoms with Gasteiger partial charge in [-0.15, -0.1) is 12.4 Å². The predicted molar refractivity (Wildman–Crippen MR) is 151 cm³/mol. The lowest BCUT2D eigenvalue weighted by atomic mass is 10.0. The molecule has 36 heavy (non-hydrogen) atoms. The van der Waals surface area contributed by atoms with Crippen molar-refractivity contribution < 1.29 is 9.53 Å². The number of benzene rings is 2. The lowest BCUT2D eigenvalue weighted by Crippen LogP contribution is -2.25. The van der Waals surface area contributed by atoms with Crippen LogP contribution in [0.5, 0.6) is 5.75 Å². The Balaban J connectivity index is 0.00000456. The molecule has 1 aromatic heterocycles. The average molecular weight is 534 g/mol. The van der Waals surface area contributed by atoms with Crippen LogP contribution < -0.4 is 15.4 Å². The highest BCUT2D eigenvalue weighted by atomic mass is 35.5. The number of rotatable bonds is 11. The van der Waals surface area contributed by atoms with Crippen LogP contribution in [0.15, 0.2) is 48.5 Å². The minimum atomic E-state index is -0.174. The van der Waals surface area contributed by atoms with Crippen molar-refractivity contribution in [3.8, 4) is 5.75 Å². The van der Waals surface area contributed by atoms with E-state index in [4.69, 9.17) is 16.3 Å². The van der Waals surface area contributed by atoms with E-state index >= 15 is 0 Å². The molecule has 2 aromatic carbocycles. The molecule has 0 saturated heterocycles. The Morgan fingerprint density at radius 1 is 1.06 bits per heavy atom. The number of aryl methyl sites for hydroxylation is 1. The van der Waals surface area contributed by atoms with Gasteiger partial charge in [-0.2, -0.15) is 5.10 Å². The van der Waals surface area contributed by atoms with Crippen molar-refractivity contribution in [1.82, 2.24) is 15.1 Å². The number of nitrogens with zero attached hydrogens (tertiary/aromatic N) is 2. The molecule has 0 spiro atoms. The molecule has 0 aliphatic heterocycles. The topological polar surface area (TPSA) is 68.2 Å². The molecule has 3 aromatic rings. The minimum absolute atomic E-state index is 0. The molecule has 3 rings (SSSR count). The van der Waals surface area contributed by atoms with Gasteiger partial charge in [-0.3, -0.25) is 9.48 Å². The number of halogens is 2. The summed E-state index contributed by atoms with van der Waals surface area (Å²) in [6.07, 6.45) is 0. The number of nitrogens with one attached hydrogen (secondary N) is 2. The molecule has 6 nitrogen and oxygen atoms in total. The molecule has 1 atom stereocenters. The number of amides is 1. The summed E-state index contributed by atoms with van der Waals surface area (Å²) in [4.78, 5) is 13.2. The van der Waals surface area contributed by atoms with Crippen molar-refractivity contribution in [3.05, 3.63) is 75.9 Å². The standard InChI is InChI=1S/C28H37ClN4O2.ClH/c1-18(2)15-30-21(6)24-9-7-8-10-25(24)28(34)31-27-13-20(5)33(32-27)16-22-14-23(29)11-12-26(22)35-17-19(3)4;/h7-14,18-19,21,30H,15-17H2,1-6H3,(H,31,32,34);1H. The first kappa shape index (κ1) is 29.7. The van der Waals surface area contributed by atoms with Crippen LogP contribution in [-0.4, -0.2) is 28.8 Å². The van der Waals surface area contributed by atoms with Crippen molar-refractivity contribution in [2.45, 2.75) is 54.1 Å². The quantitative estimate of drug-likeness (QED) is 0.281. The second-order valence-electron chi connectivity index (χ2n) is 9.85. The number of carbonyl (C=O) groups excluding carboxylic acids is 1. The largest absolute Gasteiger partial charge is 0.493 e. The summed E-state index contributed by atoms with van der Waals surface area (Å²) in [5.41, 5.74) is 3.48. The Labute approximate surface area is 226 Å². The Bertz CT molecular complexity index is 1140. The maximum absolute atomic E-state index is 13.2. The molecule has 0 aliphatic carbocycles. The minimum Gasteiger partial charge on any atom is -0.493 e. The first-order valence-corrected chi connectivity index (χ1v) is 12.6. The van der Waals surface area contributed by atoms with Gasteiger partial charge in [0.05, 0.1) is 13.2 Å². The maximum Gasteiger partial charge on any atom is 0.257 e. The summed E-state index contributed by atoms with van der Waals surface area (Å²) in [5.74, 6) is 2.07. The fraction of sp³-hybridized carbons (Fsp3) is 0.429. The van der Waals surface area contributed by atoms with Gasteiger partial charge in [0.15, 0.2) is 5.82 Å². The normalized spacial score (nSPS) is 11.9. The third kappa shape index (κ3) is 8.26. The Kier molecular flexibility index (Phi) is 11.3. The first-order chi connectivity index (χ1) is 16.6. The summed E-state index contributed by atoms with van der Waals surface area (Å²) < 4.78 is 7.84. The molecule has 0 radical (unpaired) electrons. The van der Waals surface area contributed by atoms with E-state index in [2.05, 4.69) is 50.4 Å².